The molecular formula is C13H17N3O3. The molecule has 0 bridgehead atoms. The summed E-state index contributed by atoms with van der Waals surface area (Å²) in [6.07, 6.45) is 3.69. The number of H-pyrrole nitrogens is 1. The van der Waals surface area contributed by atoms with Crippen molar-refractivity contribution in [3.05, 3.63) is 17.5 Å². The fourth-order valence-electron chi connectivity index (χ4n) is 2.57. The van der Waals surface area contributed by atoms with Gasteiger partial charge in [-0.3, -0.25) is 14.7 Å². The van der Waals surface area contributed by atoms with Crippen molar-refractivity contribution in [1.82, 2.24) is 15.1 Å². The lowest BCUT2D eigenvalue weighted by atomic mass is 9.98. The zero-order chi connectivity index (χ0) is 13.4. The van der Waals surface area contributed by atoms with Crippen LogP contribution in [0.1, 0.15) is 47.8 Å². The van der Waals surface area contributed by atoms with Gasteiger partial charge in [0.1, 0.15) is 5.69 Å². The number of aromatic amines is 1. The van der Waals surface area contributed by atoms with Gasteiger partial charge >= 0.3 is 5.97 Å². The molecule has 1 saturated heterocycles. The summed E-state index contributed by atoms with van der Waals surface area (Å²) in [4.78, 5) is 24.9. The first kappa shape index (κ1) is 12.2. The lowest BCUT2D eigenvalue weighted by Crippen LogP contribution is -2.42. The number of aromatic nitrogens is 2. The number of hydrogen-bond acceptors (Lipinski definition) is 3. The summed E-state index contributed by atoms with van der Waals surface area (Å²) in [5.74, 6) is -0.894. The number of piperidine rings is 1. The van der Waals surface area contributed by atoms with Crippen LogP contribution in [0, 0.1) is 5.92 Å². The van der Waals surface area contributed by atoms with E-state index in [4.69, 9.17) is 5.11 Å². The van der Waals surface area contributed by atoms with Crippen molar-refractivity contribution in [2.24, 2.45) is 5.92 Å². The highest BCUT2D eigenvalue weighted by Crippen LogP contribution is 2.39. The molecule has 0 radical (unpaired) electrons. The van der Waals surface area contributed by atoms with Crippen molar-refractivity contribution < 1.29 is 14.7 Å². The second-order valence-electron chi connectivity index (χ2n) is 5.41. The number of nitrogens with one attached hydrogen (secondary N) is 1. The highest BCUT2D eigenvalue weighted by molar-refractivity contribution is 5.92. The Hall–Kier alpha value is -1.85. The topological polar surface area (TPSA) is 86.3 Å². The van der Waals surface area contributed by atoms with Crippen molar-refractivity contribution in [3.63, 3.8) is 0 Å². The molecule has 0 aromatic carbocycles. The molecule has 2 N–H and O–H groups in total. The SMILES string of the molecule is O=C(O)[C@@H]1CCCN(C(=O)c2cc(C3CC3)[nH]n2)C1. The van der Waals surface area contributed by atoms with Crippen molar-refractivity contribution in [2.45, 2.75) is 31.6 Å². The maximum Gasteiger partial charge on any atom is 0.308 e. The molecule has 2 heterocycles. The molecule has 1 aromatic rings. The third-order valence-electron chi connectivity index (χ3n) is 3.89. The summed E-state index contributed by atoms with van der Waals surface area (Å²) in [6, 6.07) is 1.81. The number of carbonyl (C=O) groups is 2. The van der Waals surface area contributed by atoms with Crippen LogP contribution in [-0.2, 0) is 4.79 Å². The van der Waals surface area contributed by atoms with Gasteiger partial charge in [-0.2, -0.15) is 5.10 Å². The van der Waals surface area contributed by atoms with Crippen molar-refractivity contribution >= 4 is 11.9 Å². The molecule has 2 fully saturated rings. The third-order valence-corrected chi connectivity index (χ3v) is 3.89. The van der Waals surface area contributed by atoms with E-state index in [1.807, 2.05) is 6.07 Å². The van der Waals surface area contributed by atoms with Crippen molar-refractivity contribution in [2.75, 3.05) is 13.1 Å². The van der Waals surface area contributed by atoms with Crippen molar-refractivity contribution in [1.29, 1.82) is 0 Å². The minimum atomic E-state index is -0.821. The predicted molar refractivity (Wildman–Crippen MR) is 66.8 cm³/mol. The van der Waals surface area contributed by atoms with E-state index in [0.29, 0.717) is 31.1 Å². The van der Waals surface area contributed by atoms with E-state index in [-0.39, 0.29) is 5.91 Å². The Morgan fingerprint density at radius 1 is 1.37 bits per heavy atom. The minimum Gasteiger partial charge on any atom is -0.481 e. The molecule has 1 amide bonds. The van der Waals surface area contributed by atoms with Gasteiger partial charge in [-0.1, -0.05) is 0 Å². The normalized spacial score (nSPS) is 23.4. The first-order chi connectivity index (χ1) is 9.15. The number of carboxylic acids is 1. The van der Waals surface area contributed by atoms with Gasteiger partial charge in [0, 0.05) is 24.7 Å². The van der Waals surface area contributed by atoms with E-state index >= 15 is 0 Å². The minimum absolute atomic E-state index is 0.158. The summed E-state index contributed by atoms with van der Waals surface area (Å²) in [7, 11) is 0. The van der Waals surface area contributed by atoms with Crippen LogP contribution in [0.2, 0.25) is 0 Å². The molecule has 1 atom stereocenters. The number of rotatable bonds is 3. The summed E-state index contributed by atoms with van der Waals surface area (Å²) >= 11 is 0. The number of hydrogen-bond donors (Lipinski definition) is 2. The quantitative estimate of drug-likeness (QED) is 0.858. The number of amides is 1. The van der Waals surface area contributed by atoms with Crippen LogP contribution in [0.5, 0.6) is 0 Å². The summed E-state index contributed by atoms with van der Waals surface area (Å²) in [6.45, 7) is 0.911. The molecule has 6 heteroatoms. The second-order valence-corrected chi connectivity index (χ2v) is 5.41. The van der Waals surface area contributed by atoms with Gasteiger partial charge in [0.25, 0.3) is 5.91 Å². The Bertz CT molecular complexity index is 507. The number of likely N-dealkylation sites (tertiary alicyclic amines) is 1. The van der Waals surface area contributed by atoms with Crippen LogP contribution in [0.15, 0.2) is 6.07 Å². The average Bonchev–Trinajstić information content (AvgIpc) is 3.16. The number of carboxylic acid groups (broad SMARTS) is 1. The van der Waals surface area contributed by atoms with E-state index in [1.54, 1.807) is 4.90 Å². The monoisotopic (exact) mass is 263 g/mol. The molecule has 0 spiro atoms. The van der Waals surface area contributed by atoms with Gasteiger partial charge in [0.05, 0.1) is 5.92 Å². The standard InChI is InChI=1S/C13H17N3O3/c17-12(11-6-10(14-15-11)8-3-4-8)16-5-1-2-9(7-16)13(18)19/h6,8-9H,1-5,7H2,(H,14,15)(H,18,19)/t9-/m1/s1. The smallest absolute Gasteiger partial charge is 0.308 e. The van der Waals surface area contributed by atoms with E-state index in [9.17, 15) is 9.59 Å². The maximum absolute atomic E-state index is 12.3. The molecule has 3 rings (SSSR count). The fraction of sp³-hybridized carbons (Fsp3) is 0.615. The van der Waals surface area contributed by atoms with Crippen LogP contribution in [0.3, 0.4) is 0 Å². The van der Waals surface area contributed by atoms with Crippen molar-refractivity contribution in [3.8, 4) is 0 Å². The number of carbonyl (C=O) groups excluding carboxylic acids is 1. The lowest BCUT2D eigenvalue weighted by Gasteiger charge is -2.30. The molecule has 1 aliphatic heterocycles. The zero-order valence-electron chi connectivity index (χ0n) is 10.6. The highest BCUT2D eigenvalue weighted by Gasteiger charge is 2.31. The average molecular weight is 263 g/mol. The van der Waals surface area contributed by atoms with Crippen LogP contribution >= 0.6 is 0 Å². The Morgan fingerprint density at radius 3 is 2.84 bits per heavy atom. The second kappa shape index (κ2) is 4.68. The molecule has 1 aromatic heterocycles. The van der Waals surface area contributed by atoms with Crippen LogP contribution in [0.25, 0.3) is 0 Å². The van der Waals surface area contributed by atoms with E-state index in [1.165, 1.54) is 0 Å². The number of nitrogens with zero attached hydrogens (tertiary/aromatic N) is 2. The van der Waals surface area contributed by atoms with Gasteiger partial charge in [-0.05, 0) is 31.7 Å². The molecule has 2 aliphatic rings. The molecule has 0 unspecified atom stereocenters. The van der Waals surface area contributed by atoms with E-state index in [0.717, 1.165) is 25.0 Å². The van der Waals surface area contributed by atoms with Crippen LogP contribution in [0.4, 0.5) is 0 Å². The van der Waals surface area contributed by atoms with E-state index in [2.05, 4.69) is 10.2 Å². The van der Waals surface area contributed by atoms with Gasteiger partial charge < -0.3 is 10.0 Å². The molecule has 6 nitrogen and oxygen atoms in total. The van der Waals surface area contributed by atoms with Gasteiger partial charge in [0.15, 0.2) is 0 Å². The molecular weight excluding hydrogens is 246 g/mol. The molecule has 102 valence electrons. The Morgan fingerprint density at radius 2 is 2.16 bits per heavy atom. The summed E-state index contributed by atoms with van der Waals surface area (Å²) < 4.78 is 0. The lowest BCUT2D eigenvalue weighted by molar-refractivity contribution is -0.143. The Labute approximate surface area is 110 Å². The largest absolute Gasteiger partial charge is 0.481 e. The van der Waals surface area contributed by atoms with Gasteiger partial charge in [-0.25, -0.2) is 0 Å². The fourth-order valence-corrected chi connectivity index (χ4v) is 2.57. The number of aliphatic carboxylic acids is 1. The third kappa shape index (κ3) is 2.47. The molecule has 19 heavy (non-hydrogen) atoms. The molecule has 1 aliphatic carbocycles. The highest BCUT2D eigenvalue weighted by atomic mass is 16.4. The summed E-state index contributed by atoms with van der Waals surface area (Å²) in [5.41, 5.74) is 1.43. The predicted octanol–water partition coefficient (Wildman–Crippen LogP) is 1.22. The first-order valence-electron chi connectivity index (χ1n) is 6.72. The summed E-state index contributed by atoms with van der Waals surface area (Å²) in [5, 5.41) is 16.0. The van der Waals surface area contributed by atoms with Gasteiger partial charge in [-0.15, -0.1) is 0 Å². The Kier molecular flexibility index (Phi) is 3.00. The Balaban J connectivity index is 1.69. The maximum atomic E-state index is 12.3. The van der Waals surface area contributed by atoms with Crippen LogP contribution < -0.4 is 0 Å². The van der Waals surface area contributed by atoms with E-state index < -0.39 is 11.9 Å². The van der Waals surface area contributed by atoms with Crippen LogP contribution in [-0.4, -0.2) is 45.2 Å². The zero-order valence-corrected chi connectivity index (χ0v) is 10.6. The van der Waals surface area contributed by atoms with Gasteiger partial charge in [0.2, 0.25) is 0 Å². The first-order valence-corrected chi connectivity index (χ1v) is 6.72. The molecule has 1 saturated carbocycles.